The van der Waals surface area contributed by atoms with Gasteiger partial charge in [-0.05, 0) is 23.8 Å². The first kappa shape index (κ1) is 26.1. The number of methoxy groups -OCH3 is 1. The molecule has 0 radical (unpaired) electrons. The molecule has 2 amide bonds. The molecule has 2 aromatic carbocycles. The Balaban J connectivity index is 1.65. The number of halogens is 5. The number of benzene rings is 2. The van der Waals surface area contributed by atoms with Gasteiger partial charge in [0.2, 0.25) is 5.91 Å². The van der Waals surface area contributed by atoms with Gasteiger partial charge in [0, 0.05) is 50.2 Å². The normalized spacial score (nSPS) is 21.8. The molecule has 2 aliphatic rings. The maximum atomic E-state index is 14.4. The molecule has 0 aromatic heterocycles. The third kappa shape index (κ3) is 4.36. The first-order valence-corrected chi connectivity index (χ1v) is 11.7. The molecule has 2 atom stereocenters. The van der Waals surface area contributed by atoms with Crippen molar-refractivity contribution >= 4 is 11.8 Å². The van der Waals surface area contributed by atoms with Crippen LogP contribution in [0.25, 0.3) is 0 Å². The topological polar surface area (TPSA) is 58.6 Å². The van der Waals surface area contributed by atoms with Gasteiger partial charge in [-0.2, -0.15) is 13.2 Å². The first-order chi connectivity index (χ1) is 17.1. The molecule has 4 rings (SSSR count). The summed E-state index contributed by atoms with van der Waals surface area (Å²) in [6.07, 6.45) is -7.30. The predicted octanol–water partition coefficient (Wildman–Crippen LogP) is 4.94. The maximum Gasteiger partial charge on any atom is 0.430 e. The highest BCUT2D eigenvalue weighted by molar-refractivity contribution is 5.88. The predicted molar refractivity (Wildman–Crippen MR) is 121 cm³/mol. The van der Waals surface area contributed by atoms with E-state index in [0.717, 1.165) is 12.0 Å². The van der Waals surface area contributed by atoms with Crippen LogP contribution < -0.4 is 5.32 Å². The standard InChI is InChI=1S/C26H27F5N2O3/c1-36-25(26(29,30)31,17-7-3-2-4-8-17)23(35)33-13-11-24(12-14-33)15-21(34)32-16-20(24)18-9-5-6-10-19(18)22(27)28/h2-10,20,22H,11-16H2,1H3,(H,32,34)/t20?,25-/m1/s1. The lowest BCUT2D eigenvalue weighted by Crippen LogP contribution is -2.60. The van der Waals surface area contributed by atoms with Crippen molar-refractivity contribution in [2.75, 3.05) is 26.7 Å². The average Bonchev–Trinajstić information content (AvgIpc) is 2.85. The van der Waals surface area contributed by atoms with Crippen molar-refractivity contribution in [3.05, 3.63) is 71.3 Å². The Morgan fingerprint density at radius 2 is 1.67 bits per heavy atom. The number of carbonyl (C=O) groups excluding carboxylic acids is 2. The summed E-state index contributed by atoms with van der Waals surface area (Å²) < 4.78 is 75.6. The van der Waals surface area contributed by atoms with E-state index < -0.39 is 35.4 Å². The Labute approximate surface area is 205 Å². The lowest BCUT2D eigenvalue weighted by atomic mass is 9.62. The molecule has 1 unspecified atom stereocenters. The highest BCUT2D eigenvalue weighted by atomic mass is 19.4. The summed E-state index contributed by atoms with van der Waals surface area (Å²) in [5, 5.41) is 2.74. The molecule has 2 aliphatic heterocycles. The van der Waals surface area contributed by atoms with Crippen LogP contribution in [-0.2, 0) is 19.9 Å². The van der Waals surface area contributed by atoms with Gasteiger partial charge in [-0.15, -0.1) is 0 Å². The molecule has 0 saturated carbocycles. The average molecular weight is 511 g/mol. The zero-order valence-electron chi connectivity index (χ0n) is 19.7. The van der Waals surface area contributed by atoms with Crippen LogP contribution in [0.3, 0.4) is 0 Å². The number of amides is 2. The van der Waals surface area contributed by atoms with Crippen LogP contribution in [0.4, 0.5) is 22.0 Å². The van der Waals surface area contributed by atoms with Gasteiger partial charge in [-0.1, -0.05) is 54.6 Å². The van der Waals surface area contributed by atoms with E-state index in [2.05, 4.69) is 5.32 Å². The van der Waals surface area contributed by atoms with Crippen molar-refractivity contribution in [2.24, 2.45) is 5.41 Å². The number of carbonyl (C=O) groups is 2. The quantitative estimate of drug-likeness (QED) is 0.580. The van der Waals surface area contributed by atoms with E-state index in [1.807, 2.05) is 0 Å². The van der Waals surface area contributed by atoms with Gasteiger partial charge < -0.3 is 15.0 Å². The Morgan fingerprint density at radius 1 is 1.06 bits per heavy atom. The maximum absolute atomic E-state index is 14.4. The van der Waals surface area contributed by atoms with Crippen molar-refractivity contribution in [1.82, 2.24) is 10.2 Å². The zero-order valence-corrected chi connectivity index (χ0v) is 19.7. The van der Waals surface area contributed by atoms with E-state index in [1.54, 1.807) is 18.2 Å². The van der Waals surface area contributed by atoms with Gasteiger partial charge >= 0.3 is 6.18 Å². The van der Waals surface area contributed by atoms with Gasteiger partial charge in [-0.25, -0.2) is 8.78 Å². The summed E-state index contributed by atoms with van der Waals surface area (Å²) in [5.41, 5.74) is -3.98. The summed E-state index contributed by atoms with van der Waals surface area (Å²) in [6, 6.07) is 12.9. The molecule has 5 nitrogen and oxygen atoms in total. The number of hydrogen-bond donors (Lipinski definition) is 1. The summed E-state index contributed by atoms with van der Waals surface area (Å²) >= 11 is 0. The SMILES string of the molecule is CO[C@@](C(=O)N1CCC2(CC1)CC(=O)NCC2c1ccccc1C(F)F)(c1ccccc1)C(F)(F)F. The molecule has 0 bridgehead atoms. The molecule has 36 heavy (non-hydrogen) atoms. The Hall–Kier alpha value is -3.01. The summed E-state index contributed by atoms with van der Waals surface area (Å²) in [4.78, 5) is 26.9. The minimum absolute atomic E-state index is 0.0463. The van der Waals surface area contributed by atoms with Crippen LogP contribution in [0.15, 0.2) is 54.6 Å². The van der Waals surface area contributed by atoms with E-state index in [4.69, 9.17) is 4.74 Å². The molecule has 2 aromatic rings. The lowest BCUT2D eigenvalue weighted by molar-refractivity contribution is -0.271. The molecule has 2 saturated heterocycles. The number of likely N-dealkylation sites (tertiary alicyclic amines) is 1. The van der Waals surface area contributed by atoms with Crippen molar-refractivity contribution in [3.63, 3.8) is 0 Å². The zero-order chi connectivity index (χ0) is 26.1. The van der Waals surface area contributed by atoms with Crippen LogP contribution in [0.2, 0.25) is 0 Å². The highest BCUT2D eigenvalue weighted by Crippen LogP contribution is 2.51. The molecule has 2 heterocycles. The van der Waals surface area contributed by atoms with E-state index in [0.29, 0.717) is 5.56 Å². The summed E-state index contributed by atoms with van der Waals surface area (Å²) in [6.45, 7) is 0.0199. The van der Waals surface area contributed by atoms with Gasteiger partial charge in [0.1, 0.15) is 0 Å². The van der Waals surface area contributed by atoms with E-state index in [-0.39, 0.29) is 55.9 Å². The number of alkyl halides is 5. The minimum atomic E-state index is -5.03. The van der Waals surface area contributed by atoms with E-state index >= 15 is 0 Å². The lowest BCUT2D eigenvalue weighted by Gasteiger charge is -2.50. The molecule has 1 spiro atoms. The minimum Gasteiger partial charge on any atom is -0.356 e. The fourth-order valence-electron chi connectivity index (χ4n) is 5.71. The first-order valence-electron chi connectivity index (χ1n) is 11.7. The molecular formula is C26H27F5N2O3. The smallest absolute Gasteiger partial charge is 0.356 e. The third-order valence-electron chi connectivity index (χ3n) is 7.60. The van der Waals surface area contributed by atoms with Crippen molar-refractivity contribution in [2.45, 2.75) is 43.4 Å². The Kier molecular flexibility index (Phi) is 7.10. The fraction of sp³-hybridized carbons (Fsp3) is 0.462. The van der Waals surface area contributed by atoms with Crippen LogP contribution in [-0.4, -0.2) is 49.6 Å². The molecule has 1 N–H and O–H groups in total. The summed E-state index contributed by atoms with van der Waals surface area (Å²) in [7, 11) is 0.854. The van der Waals surface area contributed by atoms with Crippen molar-refractivity contribution in [3.8, 4) is 0 Å². The van der Waals surface area contributed by atoms with Crippen molar-refractivity contribution < 1.29 is 36.3 Å². The fourth-order valence-corrected chi connectivity index (χ4v) is 5.71. The summed E-state index contributed by atoms with van der Waals surface area (Å²) in [5.74, 6) is -1.93. The van der Waals surface area contributed by atoms with E-state index in [1.165, 1.54) is 36.4 Å². The molecular weight excluding hydrogens is 483 g/mol. The second-order valence-corrected chi connectivity index (χ2v) is 9.37. The van der Waals surface area contributed by atoms with Crippen LogP contribution >= 0.6 is 0 Å². The molecule has 2 fully saturated rings. The third-order valence-corrected chi connectivity index (χ3v) is 7.60. The van der Waals surface area contributed by atoms with E-state index in [9.17, 15) is 31.5 Å². The Bertz CT molecular complexity index is 1100. The monoisotopic (exact) mass is 510 g/mol. The Morgan fingerprint density at radius 3 is 2.25 bits per heavy atom. The number of ether oxygens (including phenoxy) is 1. The second-order valence-electron chi connectivity index (χ2n) is 9.37. The molecule has 10 heteroatoms. The number of piperidine rings is 2. The second kappa shape index (κ2) is 9.80. The largest absolute Gasteiger partial charge is 0.430 e. The van der Waals surface area contributed by atoms with Gasteiger partial charge in [0.05, 0.1) is 0 Å². The van der Waals surface area contributed by atoms with Gasteiger partial charge in [-0.3, -0.25) is 9.59 Å². The highest BCUT2D eigenvalue weighted by Gasteiger charge is 2.64. The molecule has 0 aliphatic carbocycles. The molecule has 194 valence electrons. The number of rotatable bonds is 5. The number of nitrogens with zero attached hydrogens (tertiary/aromatic N) is 1. The van der Waals surface area contributed by atoms with Gasteiger partial charge in [0.15, 0.2) is 0 Å². The number of hydrogen-bond acceptors (Lipinski definition) is 3. The van der Waals surface area contributed by atoms with Crippen LogP contribution in [0, 0.1) is 5.41 Å². The van der Waals surface area contributed by atoms with Gasteiger partial charge in [0.25, 0.3) is 17.9 Å². The number of nitrogens with one attached hydrogen (secondary N) is 1. The van der Waals surface area contributed by atoms with Crippen LogP contribution in [0.5, 0.6) is 0 Å². The van der Waals surface area contributed by atoms with Crippen LogP contribution in [0.1, 0.15) is 48.3 Å². The van der Waals surface area contributed by atoms with Crippen molar-refractivity contribution in [1.29, 1.82) is 0 Å².